The molecule has 0 amide bonds. The number of ether oxygens (including phenoxy) is 1. The monoisotopic (exact) mass is 259 g/mol. The lowest BCUT2D eigenvalue weighted by atomic mass is 10.2. The summed E-state index contributed by atoms with van der Waals surface area (Å²) in [6, 6.07) is 11.3. The van der Waals surface area contributed by atoms with Crippen LogP contribution in [0.3, 0.4) is 0 Å². The van der Waals surface area contributed by atoms with Gasteiger partial charge in [0.15, 0.2) is 11.6 Å². The van der Waals surface area contributed by atoms with E-state index in [0.717, 1.165) is 5.56 Å². The van der Waals surface area contributed by atoms with Crippen LogP contribution in [0.1, 0.15) is 0 Å². The number of fused-ring (bicyclic) bond motifs is 1. The maximum atomic E-state index is 6.18. The second-order valence-corrected chi connectivity index (χ2v) is 4.18. The molecule has 0 saturated heterocycles. The summed E-state index contributed by atoms with van der Waals surface area (Å²) in [6.07, 6.45) is 1.89. The summed E-state index contributed by atoms with van der Waals surface area (Å²) in [5.74, 6) is 1.39. The Morgan fingerprint density at radius 2 is 1.94 bits per heavy atom. The predicted molar refractivity (Wildman–Crippen MR) is 70.0 cm³/mol. The zero-order valence-electron chi connectivity index (χ0n) is 9.67. The lowest BCUT2D eigenvalue weighted by molar-refractivity contribution is 0.417. The molecular formula is C13H10ClN3O. The third-order valence-electron chi connectivity index (χ3n) is 2.73. The van der Waals surface area contributed by atoms with Crippen LogP contribution in [0.2, 0.25) is 5.02 Å². The van der Waals surface area contributed by atoms with E-state index in [9.17, 15) is 0 Å². The summed E-state index contributed by atoms with van der Waals surface area (Å²) in [6.45, 7) is 0. The van der Waals surface area contributed by atoms with Crippen molar-refractivity contribution in [1.29, 1.82) is 0 Å². The molecule has 5 heteroatoms. The van der Waals surface area contributed by atoms with Crippen molar-refractivity contribution in [2.75, 3.05) is 7.11 Å². The molecule has 4 nitrogen and oxygen atoms in total. The third-order valence-corrected chi connectivity index (χ3v) is 3.06. The number of methoxy groups -OCH3 is 1. The third kappa shape index (κ3) is 1.62. The summed E-state index contributed by atoms with van der Waals surface area (Å²) < 4.78 is 7.11. The van der Waals surface area contributed by atoms with Gasteiger partial charge in [0.1, 0.15) is 0 Å². The number of aromatic nitrogens is 3. The van der Waals surface area contributed by atoms with E-state index in [2.05, 4.69) is 10.2 Å². The second-order valence-electron chi connectivity index (χ2n) is 3.77. The Hall–Kier alpha value is -2.07. The van der Waals surface area contributed by atoms with Crippen molar-refractivity contribution in [2.24, 2.45) is 0 Å². The quantitative estimate of drug-likeness (QED) is 0.710. The summed E-state index contributed by atoms with van der Waals surface area (Å²) in [5, 5.41) is 8.97. The fourth-order valence-electron chi connectivity index (χ4n) is 1.88. The van der Waals surface area contributed by atoms with Crippen LogP contribution in [-0.4, -0.2) is 21.7 Å². The molecule has 0 spiro atoms. The van der Waals surface area contributed by atoms with Crippen LogP contribution in [0.4, 0.5) is 0 Å². The first-order valence-electron chi connectivity index (χ1n) is 5.44. The van der Waals surface area contributed by atoms with Gasteiger partial charge < -0.3 is 4.74 Å². The molecule has 3 rings (SSSR count). The number of nitrogens with zero attached hydrogens (tertiary/aromatic N) is 3. The maximum absolute atomic E-state index is 6.18. The maximum Gasteiger partial charge on any atom is 0.203 e. The van der Waals surface area contributed by atoms with Gasteiger partial charge in [0, 0.05) is 11.8 Å². The Kier molecular flexibility index (Phi) is 2.64. The fourth-order valence-corrected chi connectivity index (χ4v) is 2.10. The van der Waals surface area contributed by atoms with Crippen LogP contribution in [0, 0.1) is 0 Å². The van der Waals surface area contributed by atoms with E-state index in [4.69, 9.17) is 16.3 Å². The average Bonchev–Trinajstić information content (AvgIpc) is 2.83. The molecule has 2 heterocycles. The highest BCUT2D eigenvalue weighted by Gasteiger charge is 2.13. The zero-order chi connectivity index (χ0) is 12.5. The van der Waals surface area contributed by atoms with Gasteiger partial charge in [0.2, 0.25) is 5.65 Å². The lowest BCUT2D eigenvalue weighted by Crippen LogP contribution is -1.92. The van der Waals surface area contributed by atoms with E-state index in [1.165, 1.54) is 0 Å². The second kappa shape index (κ2) is 4.31. The number of benzene rings is 1. The minimum Gasteiger partial charge on any atom is -0.493 e. The molecule has 3 aromatic rings. The molecule has 0 fully saturated rings. The lowest BCUT2D eigenvalue weighted by Gasteiger charge is -2.04. The molecule has 0 radical (unpaired) electrons. The first-order chi connectivity index (χ1) is 8.81. The molecule has 18 heavy (non-hydrogen) atoms. The van der Waals surface area contributed by atoms with Crippen LogP contribution in [0.15, 0.2) is 42.6 Å². The minimum absolute atomic E-state index is 0.648. The first kappa shape index (κ1) is 11.0. The highest BCUT2D eigenvalue weighted by Crippen LogP contribution is 2.28. The van der Waals surface area contributed by atoms with Gasteiger partial charge in [-0.2, -0.15) is 0 Å². The number of halogens is 1. The van der Waals surface area contributed by atoms with E-state index in [1.54, 1.807) is 7.11 Å². The van der Waals surface area contributed by atoms with Gasteiger partial charge in [-0.3, -0.25) is 4.40 Å². The number of rotatable bonds is 2. The fraction of sp³-hybridized carbons (Fsp3) is 0.0769. The number of pyridine rings is 1. The molecule has 90 valence electrons. The molecule has 0 N–H and O–H groups in total. The highest BCUT2D eigenvalue weighted by molar-refractivity contribution is 6.33. The van der Waals surface area contributed by atoms with E-state index < -0.39 is 0 Å². The van der Waals surface area contributed by atoms with Gasteiger partial charge in [-0.15, -0.1) is 10.2 Å². The van der Waals surface area contributed by atoms with Gasteiger partial charge in [-0.25, -0.2) is 0 Å². The molecule has 0 unspecified atom stereocenters. The molecule has 1 aromatic carbocycles. The summed E-state index contributed by atoms with van der Waals surface area (Å²) in [4.78, 5) is 0. The number of hydrogen-bond acceptors (Lipinski definition) is 3. The van der Waals surface area contributed by atoms with Crippen LogP contribution < -0.4 is 4.74 Å². The topological polar surface area (TPSA) is 39.4 Å². The van der Waals surface area contributed by atoms with Crippen molar-refractivity contribution in [3.05, 3.63) is 47.6 Å². The predicted octanol–water partition coefficient (Wildman–Crippen LogP) is 3.06. The Labute approximate surface area is 109 Å². The van der Waals surface area contributed by atoms with Crippen LogP contribution in [-0.2, 0) is 0 Å². The Morgan fingerprint density at radius 3 is 2.72 bits per heavy atom. The molecule has 0 bridgehead atoms. The van der Waals surface area contributed by atoms with Gasteiger partial charge in [0.05, 0.1) is 12.1 Å². The van der Waals surface area contributed by atoms with Crippen molar-refractivity contribution in [1.82, 2.24) is 14.6 Å². The van der Waals surface area contributed by atoms with Crippen LogP contribution in [0.5, 0.6) is 5.75 Å². The van der Waals surface area contributed by atoms with Crippen molar-refractivity contribution < 1.29 is 4.74 Å². The Bertz CT molecular complexity index is 708. The van der Waals surface area contributed by atoms with E-state index in [-0.39, 0.29) is 0 Å². The molecular weight excluding hydrogens is 250 g/mol. The Morgan fingerprint density at radius 1 is 1.11 bits per heavy atom. The zero-order valence-corrected chi connectivity index (χ0v) is 10.4. The van der Waals surface area contributed by atoms with E-state index >= 15 is 0 Å². The molecule has 0 aliphatic carbocycles. The largest absolute Gasteiger partial charge is 0.493 e. The summed E-state index contributed by atoms with van der Waals surface area (Å²) >= 11 is 6.18. The first-order valence-corrected chi connectivity index (χ1v) is 5.81. The van der Waals surface area contributed by atoms with E-state index in [1.807, 2.05) is 47.0 Å². The molecule has 0 aliphatic heterocycles. The highest BCUT2D eigenvalue weighted by atomic mass is 35.5. The smallest absolute Gasteiger partial charge is 0.203 e. The van der Waals surface area contributed by atoms with Crippen molar-refractivity contribution in [3.8, 4) is 17.1 Å². The van der Waals surface area contributed by atoms with Crippen LogP contribution >= 0.6 is 11.6 Å². The Balaban J connectivity index is 2.29. The van der Waals surface area contributed by atoms with Gasteiger partial charge in [-0.1, -0.05) is 23.7 Å². The van der Waals surface area contributed by atoms with Crippen molar-refractivity contribution in [3.63, 3.8) is 0 Å². The summed E-state index contributed by atoms with van der Waals surface area (Å²) in [5.41, 5.74) is 1.52. The molecule has 0 saturated carbocycles. The van der Waals surface area contributed by atoms with Crippen LogP contribution in [0.25, 0.3) is 17.0 Å². The molecule has 0 aliphatic rings. The van der Waals surface area contributed by atoms with E-state index in [0.29, 0.717) is 22.2 Å². The molecule has 2 aromatic heterocycles. The average molecular weight is 260 g/mol. The van der Waals surface area contributed by atoms with Gasteiger partial charge in [0.25, 0.3) is 0 Å². The summed E-state index contributed by atoms with van der Waals surface area (Å²) in [7, 11) is 1.61. The van der Waals surface area contributed by atoms with Crippen molar-refractivity contribution >= 4 is 17.2 Å². The number of hydrogen-bond donors (Lipinski definition) is 0. The molecule has 0 atom stereocenters. The van der Waals surface area contributed by atoms with Crippen molar-refractivity contribution in [2.45, 2.75) is 0 Å². The SMILES string of the molecule is COc1cccn2c(-c3ccccc3Cl)nnc12. The minimum atomic E-state index is 0.648. The standard InChI is InChI=1S/C13H10ClN3O/c1-18-11-7-4-8-17-12(15-16-13(11)17)9-5-2-3-6-10(9)14/h2-8H,1H3. The van der Waals surface area contributed by atoms with Gasteiger partial charge >= 0.3 is 0 Å². The van der Waals surface area contributed by atoms with Gasteiger partial charge in [-0.05, 0) is 24.3 Å². The normalized spacial score (nSPS) is 10.8.